The molecule has 0 aliphatic carbocycles. The van der Waals surface area contributed by atoms with E-state index in [1.165, 1.54) is 12.1 Å². The summed E-state index contributed by atoms with van der Waals surface area (Å²) >= 11 is 3.33. The lowest BCUT2D eigenvalue weighted by Gasteiger charge is -2.15. The van der Waals surface area contributed by atoms with Crippen LogP contribution in [-0.2, 0) is 12.6 Å². The highest BCUT2D eigenvalue weighted by Gasteiger charge is 2.34. The predicted octanol–water partition coefficient (Wildman–Crippen LogP) is 5.32. The van der Waals surface area contributed by atoms with E-state index in [2.05, 4.69) is 15.9 Å². The van der Waals surface area contributed by atoms with Crippen molar-refractivity contribution < 1.29 is 22.3 Å². The largest absolute Gasteiger partial charge is 0.493 e. The Labute approximate surface area is 145 Å². The Hall–Kier alpha value is -1.50. The molecule has 1 heterocycles. The second-order valence-electron chi connectivity index (χ2n) is 5.39. The van der Waals surface area contributed by atoms with Crippen LogP contribution in [0.25, 0.3) is 11.0 Å². The van der Waals surface area contributed by atoms with Gasteiger partial charge in [0.2, 0.25) is 0 Å². The van der Waals surface area contributed by atoms with Crippen molar-refractivity contribution in [2.45, 2.75) is 38.8 Å². The van der Waals surface area contributed by atoms with Crippen LogP contribution in [0.2, 0.25) is 0 Å². The van der Waals surface area contributed by atoms with Gasteiger partial charge in [0.1, 0.15) is 11.3 Å². The lowest BCUT2D eigenvalue weighted by atomic mass is 10.0. The fourth-order valence-corrected chi connectivity index (χ4v) is 2.90. The number of fused-ring (bicyclic) bond motifs is 1. The Balaban J connectivity index is 2.54. The number of unbranched alkanes of at least 4 members (excludes halogenated alkanes) is 1. The van der Waals surface area contributed by atoms with Crippen LogP contribution < -0.4 is 10.4 Å². The zero-order valence-electron chi connectivity index (χ0n) is 13.2. The molecule has 2 aromatic rings. The minimum Gasteiger partial charge on any atom is -0.493 e. The van der Waals surface area contributed by atoms with Crippen LogP contribution in [0.5, 0.6) is 5.75 Å². The average Bonchev–Trinajstić information content (AvgIpc) is 2.52. The summed E-state index contributed by atoms with van der Waals surface area (Å²) in [5.41, 5.74) is -1.51. The standard InChI is InChI=1S/C17H18BrF3O3/c1-2-5-12-14(23-9-4-3-8-18)7-6-11-13(17(19,20)21)10-15(22)24-16(11)12/h6-7,10H,2-5,8-9H2,1H3. The molecule has 0 saturated carbocycles. The summed E-state index contributed by atoms with van der Waals surface area (Å²) in [6.45, 7) is 2.36. The van der Waals surface area contributed by atoms with Crippen molar-refractivity contribution in [3.8, 4) is 5.75 Å². The highest BCUT2D eigenvalue weighted by Crippen LogP contribution is 2.37. The molecule has 3 nitrogen and oxygen atoms in total. The van der Waals surface area contributed by atoms with Crippen LogP contribution in [0.15, 0.2) is 27.4 Å². The summed E-state index contributed by atoms with van der Waals surface area (Å²) < 4.78 is 50.4. The Bertz CT molecular complexity index is 753. The van der Waals surface area contributed by atoms with Gasteiger partial charge in [0, 0.05) is 22.3 Å². The van der Waals surface area contributed by atoms with Crippen LogP contribution >= 0.6 is 15.9 Å². The van der Waals surface area contributed by atoms with Crippen molar-refractivity contribution in [3.63, 3.8) is 0 Å². The van der Waals surface area contributed by atoms with E-state index in [-0.39, 0.29) is 11.0 Å². The van der Waals surface area contributed by atoms with E-state index >= 15 is 0 Å². The predicted molar refractivity (Wildman–Crippen MR) is 90.0 cm³/mol. The van der Waals surface area contributed by atoms with Crippen LogP contribution in [0.4, 0.5) is 13.2 Å². The fraction of sp³-hybridized carbons (Fsp3) is 0.471. The summed E-state index contributed by atoms with van der Waals surface area (Å²) in [5, 5.41) is 0.748. The molecule has 0 atom stereocenters. The summed E-state index contributed by atoms with van der Waals surface area (Å²) in [6.07, 6.45) is -1.70. The number of benzene rings is 1. The van der Waals surface area contributed by atoms with Gasteiger partial charge in [-0.25, -0.2) is 4.79 Å². The summed E-state index contributed by atoms with van der Waals surface area (Å²) in [7, 11) is 0. The van der Waals surface area contributed by atoms with Gasteiger partial charge >= 0.3 is 11.8 Å². The zero-order chi connectivity index (χ0) is 17.7. The molecule has 2 rings (SSSR count). The van der Waals surface area contributed by atoms with E-state index in [9.17, 15) is 18.0 Å². The van der Waals surface area contributed by atoms with Gasteiger partial charge in [-0.05, 0) is 31.4 Å². The molecule has 132 valence electrons. The molecule has 0 spiro atoms. The third-order valence-corrected chi connectivity index (χ3v) is 4.12. The van der Waals surface area contributed by atoms with Crippen molar-refractivity contribution in [3.05, 3.63) is 39.7 Å². The molecule has 1 aromatic heterocycles. The van der Waals surface area contributed by atoms with E-state index in [0.29, 0.717) is 36.8 Å². The molecule has 1 aromatic carbocycles. The number of hydrogen-bond donors (Lipinski definition) is 0. The first-order valence-electron chi connectivity index (χ1n) is 7.74. The summed E-state index contributed by atoms with van der Waals surface area (Å²) in [4.78, 5) is 11.6. The first-order valence-corrected chi connectivity index (χ1v) is 8.86. The molecule has 0 unspecified atom stereocenters. The van der Waals surface area contributed by atoms with Gasteiger partial charge in [-0.2, -0.15) is 13.2 Å². The smallest absolute Gasteiger partial charge is 0.417 e. The number of aryl methyl sites for hydroxylation is 1. The van der Waals surface area contributed by atoms with Gasteiger partial charge in [0.15, 0.2) is 0 Å². The normalized spacial score (nSPS) is 11.9. The number of alkyl halides is 4. The molecule has 0 N–H and O–H groups in total. The molecule has 24 heavy (non-hydrogen) atoms. The highest BCUT2D eigenvalue weighted by atomic mass is 79.9. The van der Waals surface area contributed by atoms with Crippen LogP contribution in [0, 0.1) is 0 Å². The molecule has 7 heteroatoms. The molecule has 0 saturated heterocycles. The Morgan fingerprint density at radius 2 is 2.00 bits per heavy atom. The minimum atomic E-state index is -4.62. The number of ether oxygens (including phenoxy) is 1. The SMILES string of the molecule is CCCc1c(OCCCCBr)ccc2c(C(F)(F)F)cc(=O)oc12. The molecule has 0 aliphatic rings. The molecular formula is C17H18BrF3O3. The molecule has 0 radical (unpaired) electrons. The van der Waals surface area contributed by atoms with Gasteiger partial charge < -0.3 is 9.15 Å². The first kappa shape index (κ1) is 18.8. The van der Waals surface area contributed by atoms with Crippen LogP contribution in [-0.4, -0.2) is 11.9 Å². The van der Waals surface area contributed by atoms with E-state index in [1.807, 2.05) is 6.92 Å². The maximum Gasteiger partial charge on any atom is 0.417 e. The van der Waals surface area contributed by atoms with Gasteiger partial charge in [0.05, 0.1) is 12.2 Å². The third kappa shape index (κ3) is 4.32. The van der Waals surface area contributed by atoms with Crippen molar-refractivity contribution in [2.24, 2.45) is 0 Å². The van der Waals surface area contributed by atoms with E-state index < -0.39 is 17.4 Å². The Morgan fingerprint density at radius 3 is 2.62 bits per heavy atom. The second-order valence-corrected chi connectivity index (χ2v) is 6.18. The molecule has 0 fully saturated rings. The van der Waals surface area contributed by atoms with Gasteiger partial charge in [-0.3, -0.25) is 0 Å². The molecule has 0 amide bonds. The lowest BCUT2D eigenvalue weighted by molar-refractivity contribution is -0.136. The maximum atomic E-state index is 13.2. The Morgan fingerprint density at radius 1 is 1.25 bits per heavy atom. The van der Waals surface area contributed by atoms with Crippen molar-refractivity contribution in [1.82, 2.24) is 0 Å². The molecular weight excluding hydrogens is 389 g/mol. The minimum absolute atomic E-state index is 0.0327. The fourth-order valence-electron chi connectivity index (χ4n) is 2.50. The topological polar surface area (TPSA) is 39.4 Å². The maximum absolute atomic E-state index is 13.2. The monoisotopic (exact) mass is 406 g/mol. The number of halogens is 4. The van der Waals surface area contributed by atoms with Crippen LogP contribution in [0.1, 0.15) is 37.3 Å². The summed E-state index contributed by atoms with van der Waals surface area (Å²) in [6, 6.07) is 3.32. The lowest BCUT2D eigenvalue weighted by Crippen LogP contribution is -2.12. The van der Waals surface area contributed by atoms with Gasteiger partial charge in [-0.15, -0.1) is 0 Å². The number of hydrogen-bond acceptors (Lipinski definition) is 3. The van der Waals surface area contributed by atoms with Crippen molar-refractivity contribution in [2.75, 3.05) is 11.9 Å². The molecule has 0 aliphatic heterocycles. The zero-order valence-corrected chi connectivity index (χ0v) is 14.8. The Kier molecular flexibility index (Phi) is 6.32. The van der Waals surface area contributed by atoms with Gasteiger partial charge in [0.25, 0.3) is 0 Å². The van der Waals surface area contributed by atoms with Gasteiger partial charge in [-0.1, -0.05) is 29.3 Å². The second kappa shape index (κ2) is 8.05. The van der Waals surface area contributed by atoms with Crippen LogP contribution in [0.3, 0.4) is 0 Å². The molecule has 0 bridgehead atoms. The highest BCUT2D eigenvalue weighted by molar-refractivity contribution is 9.09. The first-order chi connectivity index (χ1) is 11.4. The van der Waals surface area contributed by atoms with E-state index in [0.717, 1.165) is 18.2 Å². The quantitative estimate of drug-likeness (QED) is 0.355. The van der Waals surface area contributed by atoms with E-state index in [1.54, 1.807) is 0 Å². The van der Waals surface area contributed by atoms with Crippen molar-refractivity contribution in [1.29, 1.82) is 0 Å². The van der Waals surface area contributed by atoms with E-state index in [4.69, 9.17) is 9.15 Å². The third-order valence-electron chi connectivity index (χ3n) is 3.56. The summed E-state index contributed by atoms with van der Waals surface area (Å²) in [5.74, 6) is 0.474. The average molecular weight is 407 g/mol. The van der Waals surface area contributed by atoms with Crippen molar-refractivity contribution >= 4 is 26.9 Å². The number of rotatable bonds is 7.